The molecule has 1 heterocycles. The first-order chi connectivity index (χ1) is 8.61. The predicted molar refractivity (Wildman–Crippen MR) is 62.5 cm³/mol. The first-order valence-corrected chi connectivity index (χ1v) is 5.61. The summed E-state index contributed by atoms with van der Waals surface area (Å²) in [5.41, 5.74) is 5.81. The van der Waals surface area contributed by atoms with Crippen LogP contribution in [0, 0.1) is 5.82 Å². The molecule has 7 heteroatoms. The zero-order chi connectivity index (χ0) is 13.1. The molecule has 0 saturated heterocycles. The maximum absolute atomic E-state index is 13.5. The molecule has 18 heavy (non-hydrogen) atoms. The molecule has 0 saturated carbocycles. The highest BCUT2D eigenvalue weighted by atomic mass is 35.5. The molecule has 0 aliphatic carbocycles. The van der Waals surface area contributed by atoms with Crippen molar-refractivity contribution in [3.8, 4) is 0 Å². The normalized spacial score (nSPS) is 12.7. The maximum Gasteiger partial charge on any atom is 0.231 e. The molecule has 1 aromatic heterocycles. The van der Waals surface area contributed by atoms with E-state index < -0.39 is 11.9 Å². The van der Waals surface area contributed by atoms with Crippen molar-refractivity contribution in [3.63, 3.8) is 0 Å². The summed E-state index contributed by atoms with van der Waals surface area (Å²) in [6, 6.07) is 3.69. The van der Waals surface area contributed by atoms with Gasteiger partial charge in [0.2, 0.25) is 5.89 Å². The van der Waals surface area contributed by atoms with Gasteiger partial charge in [-0.2, -0.15) is 4.98 Å². The van der Waals surface area contributed by atoms with E-state index in [9.17, 15) is 4.39 Å². The number of halogens is 2. The third-order valence-electron chi connectivity index (χ3n) is 2.40. The van der Waals surface area contributed by atoms with Gasteiger partial charge in [-0.15, -0.1) is 0 Å². The molecule has 1 aromatic carbocycles. The Balaban J connectivity index is 2.21. The van der Waals surface area contributed by atoms with Crippen LogP contribution >= 0.6 is 11.6 Å². The van der Waals surface area contributed by atoms with Crippen molar-refractivity contribution in [2.45, 2.75) is 12.5 Å². The SMILES string of the molecule is NC(CO)c1noc(Cc2c(F)cccc2Cl)n1. The van der Waals surface area contributed by atoms with Gasteiger partial charge < -0.3 is 15.4 Å². The molecule has 2 aromatic rings. The van der Waals surface area contributed by atoms with Crippen LogP contribution in [0.5, 0.6) is 0 Å². The van der Waals surface area contributed by atoms with Gasteiger partial charge in [0.1, 0.15) is 5.82 Å². The minimum absolute atomic E-state index is 0.0800. The van der Waals surface area contributed by atoms with E-state index in [2.05, 4.69) is 10.1 Å². The van der Waals surface area contributed by atoms with Crippen LogP contribution in [0.25, 0.3) is 0 Å². The van der Waals surface area contributed by atoms with Gasteiger partial charge in [-0.25, -0.2) is 4.39 Å². The Kier molecular flexibility index (Phi) is 3.90. The second-order valence-electron chi connectivity index (χ2n) is 3.71. The summed E-state index contributed by atoms with van der Waals surface area (Å²) >= 11 is 5.88. The minimum atomic E-state index is -0.710. The van der Waals surface area contributed by atoms with E-state index in [-0.39, 0.29) is 30.3 Å². The molecule has 5 nitrogen and oxygen atoms in total. The van der Waals surface area contributed by atoms with Crippen LogP contribution in [0.2, 0.25) is 5.02 Å². The Labute approximate surface area is 107 Å². The van der Waals surface area contributed by atoms with Crippen molar-refractivity contribution in [1.82, 2.24) is 10.1 Å². The van der Waals surface area contributed by atoms with Crippen molar-refractivity contribution in [2.75, 3.05) is 6.61 Å². The van der Waals surface area contributed by atoms with Gasteiger partial charge in [0.15, 0.2) is 5.82 Å². The van der Waals surface area contributed by atoms with Crippen molar-refractivity contribution in [2.24, 2.45) is 5.73 Å². The van der Waals surface area contributed by atoms with E-state index in [0.717, 1.165) is 0 Å². The molecule has 0 fully saturated rings. The molecule has 0 radical (unpaired) electrons. The number of benzene rings is 1. The number of hydrogen-bond acceptors (Lipinski definition) is 5. The summed E-state index contributed by atoms with van der Waals surface area (Å²) in [6.45, 7) is -0.292. The quantitative estimate of drug-likeness (QED) is 0.879. The topological polar surface area (TPSA) is 85.2 Å². The first-order valence-electron chi connectivity index (χ1n) is 5.23. The lowest BCUT2D eigenvalue weighted by atomic mass is 10.1. The standard InChI is InChI=1S/C11H11ClFN3O2/c12-7-2-1-3-8(13)6(7)4-10-15-11(16-18-10)9(14)5-17/h1-3,9,17H,4-5,14H2. The van der Waals surface area contributed by atoms with Gasteiger partial charge in [-0.05, 0) is 12.1 Å². The summed E-state index contributed by atoms with van der Waals surface area (Å²) in [4.78, 5) is 3.97. The van der Waals surface area contributed by atoms with E-state index in [1.807, 2.05) is 0 Å². The fourth-order valence-electron chi connectivity index (χ4n) is 1.42. The Morgan fingerprint density at radius 3 is 2.94 bits per heavy atom. The van der Waals surface area contributed by atoms with Crippen molar-refractivity contribution >= 4 is 11.6 Å². The molecule has 2 rings (SSSR count). The number of aromatic nitrogens is 2. The molecule has 0 aliphatic heterocycles. The molecule has 0 bridgehead atoms. The Morgan fingerprint density at radius 2 is 2.28 bits per heavy atom. The van der Waals surface area contributed by atoms with E-state index in [4.69, 9.17) is 27.0 Å². The van der Waals surface area contributed by atoms with Crippen LogP contribution in [0.3, 0.4) is 0 Å². The van der Waals surface area contributed by atoms with Crippen molar-refractivity contribution < 1.29 is 14.0 Å². The number of nitrogens with zero attached hydrogens (tertiary/aromatic N) is 2. The molecule has 3 N–H and O–H groups in total. The largest absolute Gasteiger partial charge is 0.394 e. The average molecular weight is 272 g/mol. The zero-order valence-electron chi connectivity index (χ0n) is 9.31. The molecular weight excluding hydrogens is 261 g/mol. The van der Waals surface area contributed by atoms with Gasteiger partial charge in [0.25, 0.3) is 0 Å². The summed E-state index contributed by atoms with van der Waals surface area (Å²) < 4.78 is 18.5. The fraction of sp³-hybridized carbons (Fsp3) is 0.273. The number of aliphatic hydroxyl groups is 1. The van der Waals surface area contributed by atoms with Crippen LogP contribution in [0.15, 0.2) is 22.7 Å². The first kappa shape index (κ1) is 12.9. The molecule has 0 aliphatic rings. The molecule has 96 valence electrons. The summed E-state index contributed by atoms with van der Waals surface area (Å²) in [6.07, 6.45) is 0.0800. The summed E-state index contributed by atoms with van der Waals surface area (Å²) in [5.74, 6) is -0.0606. The second kappa shape index (κ2) is 5.43. The third-order valence-corrected chi connectivity index (χ3v) is 2.76. The third kappa shape index (κ3) is 2.66. The minimum Gasteiger partial charge on any atom is -0.394 e. The highest BCUT2D eigenvalue weighted by Crippen LogP contribution is 2.21. The van der Waals surface area contributed by atoms with Gasteiger partial charge in [0, 0.05) is 10.6 Å². The zero-order valence-corrected chi connectivity index (χ0v) is 10.1. The van der Waals surface area contributed by atoms with Gasteiger partial charge in [0.05, 0.1) is 19.1 Å². The van der Waals surface area contributed by atoms with E-state index in [1.165, 1.54) is 12.1 Å². The van der Waals surface area contributed by atoms with Crippen LogP contribution in [0.1, 0.15) is 23.3 Å². The van der Waals surface area contributed by atoms with Gasteiger partial charge in [-0.1, -0.05) is 22.8 Å². The van der Waals surface area contributed by atoms with Crippen molar-refractivity contribution in [1.29, 1.82) is 0 Å². The second-order valence-corrected chi connectivity index (χ2v) is 4.12. The molecule has 0 spiro atoms. The lowest BCUT2D eigenvalue weighted by Crippen LogP contribution is -2.16. The summed E-state index contributed by atoms with van der Waals surface area (Å²) in [5, 5.41) is 12.7. The maximum atomic E-state index is 13.5. The predicted octanol–water partition coefficient (Wildman–Crippen LogP) is 1.44. The monoisotopic (exact) mass is 271 g/mol. The van der Waals surface area contributed by atoms with E-state index in [0.29, 0.717) is 5.02 Å². The smallest absolute Gasteiger partial charge is 0.231 e. The Bertz CT molecular complexity index is 527. The lowest BCUT2D eigenvalue weighted by Gasteiger charge is -2.02. The lowest BCUT2D eigenvalue weighted by molar-refractivity contribution is 0.259. The van der Waals surface area contributed by atoms with Crippen LogP contribution in [0.4, 0.5) is 4.39 Å². The average Bonchev–Trinajstić information content (AvgIpc) is 2.81. The van der Waals surface area contributed by atoms with Gasteiger partial charge in [-0.3, -0.25) is 0 Å². The molecule has 0 amide bonds. The number of nitrogens with two attached hydrogens (primary N) is 1. The van der Waals surface area contributed by atoms with Gasteiger partial charge >= 0.3 is 0 Å². The number of hydrogen-bond donors (Lipinski definition) is 2. The number of aliphatic hydroxyl groups excluding tert-OH is 1. The van der Waals surface area contributed by atoms with Crippen LogP contribution in [-0.2, 0) is 6.42 Å². The Morgan fingerprint density at radius 1 is 1.50 bits per heavy atom. The molecular formula is C11H11ClFN3O2. The highest BCUT2D eigenvalue weighted by Gasteiger charge is 2.16. The molecule has 1 atom stereocenters. The van der Waals surface area contributed by atoms with Crippen molar-refractivity contribution in [3.05, 3.63) is 46.3 Å². The van der Waals surface area contributed by atoms with Crippen LogP contribution < -0.4 is 5.73 Å². The number of rotatable bonds is 4. The van der Waals surface area contributed by atoms with E-state index >= 15 is 0 Å². The fourth-order valence-corrected chi connectivity index (χ4v) is 1.65. The van der Waals surface area contributed by atoms with E-state index in [1.54, 1.807) is 6.07 Å². The highest BCUT2D eigenvalue weighted by molar-refractivity contribution is 6.31. The molecule has 1 unspecified atom stereocenters. The van der Waals surface area contributed by atoms with Crippen LogP contribution in [-0.4, -0.2) is 21.9 Å². The summed E-state index contributed by atoms with van der Waals surface area (Å²) in [7, 11) is 0. The Hall–Kier alpha value is -1.50.